The summed E-state index contributed by atoms with van der Waals surface area (Å²) in [5.74, 6) is -0.520. The van der Waals surface area contributed by atoms with Gasteiger partial charge in [0.15, 0.2) is 0 Å². The van der Waals surface area contributed by atoms with Crippen LogP contribution in [-0.2, 0) is 27.9 Å². The number of phosphoric ester groups is 1. The van der Waals surface area contributed by atoms with Crippen molar-refractivity contribution in [1.82, 2.24) is 5.32 Å². The molecule has 0 aromatic rings. The Morgan fingerprint density at radius 2 is 0.701 bits per heavy atom. The molecule has 9 nitrogen and oxygen atoms in total. The van der Waals surface area contributed by atoms with Gasteiger partial charge in [0.2, 0.25) is 5.91 Å². The largest absolute Gasteiger partial charge is 0.756 e. The predicted molar refractivity (Wildman–Crippen MR) is 376 cm³/mol. The van der Waals surface area contributed by atoms with Gasteiger partial charge in [0.1, 0.15) is 19.3 Å². The van der Waals surface area contributed by atoms with Gasteiger partial charge in [0.25, 0.3) is 7.82 Å². The van der Waals surface area contributed by atoms with E-state index in [4.69, 9.17) is 13.8 Å². The third-order valence-electron chi connectivity index (χ3n) is 17.3. The number of phosphoric acid groups is 1. The van der Waals surface area contributed by atoms with Crippen LogP contribution in [-0.4, -0.2) is 69.4 Å². The summed E-state index contributed by atoms with van der Waals surface area (Å²) in [4.78, 5) is 40.3. The van der Waals surface area contributed by atoms with E-state index >= 15 is 0 Å². The lowest BCUT2D eigenvalue weighted by Crippen LogP contribution is -2.47. The molecule has 0 aliphatic heterocycles. The number of unbranched alkanes of at least 4 members (excludes halogenated alkanes) is 48. The number of ether oxygens (including phenoxy) is 1. The molecule has 87 heavy (non-hydrogen) atoms. The van der Waals surface area contributed by atoms with Crippen LogP contribution >= 0.6 is 7.82 Å². The molecular weight excluding hydrogens is 1100 g/mol. The number of quaternary nitrogens is 1. The van der Waals surface area contributed by atoms with Gasteiger partial charge in [-0.25, -0.2) is 0 Å². The van der Waals surface area contributed by atoms with Crippen molar-refractivity contribution in [3.8, 4) is 0 Å². The van der Waals surface area contributed by atoms with Gasteiger partial charge in [-0.15, -0.1) is 0 Å². The Morgan fingerprint density at radius 3 is 1.07 bits per heavy atom. The molecule has 0 aromatic carbocycles. The first-order chi connectivity index (χ1) is 42.4. The highest BCUT2D eigenvalue weighted by molar-refractivity contribution is 7.45. The van der Waals surface area contributed by atoms with Crippen molar-refractivity contribution in [1.29, 1.82) is 0 Å². The number of rotatable bonds is 70. The molecule has 0 saturated heterocycles. The summed E-state index contributed by atoms with van der Waals surface area (Å²) in [6.07, 6.45) is 85.3. The fourth-order valence-electron chi connectivity index (χ4n) is 11.4. The molecule has 0 saturated carbocycles. The maximum atomic E-state index is 13.6. The van der Waals surface area contributed by atoms with Crippen molar-refractivity contribution in [2.24, 2.45) is 0 Å². The zero-order valence-electron chi connectivity index (χ0n) is 58.7. The van der Waals surface area contributed by atoms with E-state index in [1.54, 1.807) is 0 Å². The molecule has 3 unspecified atom stereocenters. The van der Waals surface area contributed by atoms with Crippen LogP contribution in [0.2, 0.25) is 0 Å². The van der Waals surface area contributed by atoms with Gasteiger partial charge in [-0.1, -0.05) is 346 Å². The van der Waals surface area contributed by atoms with Gasteiger partial charge in [-0.2, -0.15) is 0 Å². The average Bonchev–Trinajstić information content (AvgIpc) is 3.69. The van der Waals surface area contributed by atoms with Gasteiger partial charge in [-0.3, -0.25) is 14.2 Å². The van der Waals surface area contributed by atoms with Gasteiger partial charge in [0.05, 0.1) is 33.8 Å². The van der Waals surface area contributed by atoms with E-state index in [1.807, 2.05) is 33.3 Å². The normalized spacial score (nSPS) is 13.7. The Labute approximate surface area is 541 Å². The van der Waals surface area contributed by atoms with Gasteiger partial charge >= 0.3 is 5.97 Å². The molecule has 0 aliphatic rings. The molecule has 0 radical (unpaired) electrons. The molecule has 0 aliphatic carbocycles. The van der Waals surface area contributed by atoms with Crippen LogP contribution in [0.5, 0.6) is 0 Å². The highest BCUT2D eigenvalue weighted by Gasteiger charge is 2.27. The smallest absolute Gasteiger partial charge is 0.306 e. The van der Waals surface area contributed by atoms with E-state index in [1.165, 1.54) is 276 Å². The molecule has 1 N–H and O–H groups in total. The van der Waals surface area contributed by atoms with Crippen LogP contribution in [0.4, 0.5) is 0 Å². The first-order valence-electron chi connectivity index (χ1n) is 37.9. The van der Waals surface area contributed by atoms with Crippen LogP contribution in [0.15, 0.2) is 48.6 Å². The Morgan fingerprint density at radius 1 is 0.402 bits per heavy atom. The number of hydrogen-bond donors (Lipinski definition) is 1. The van der Waals surface area contributed by atoms with Crippen LogP contribution < -0.4 is 10.2 Å². The van der Waals surface area contributed by atoms with Crippen molar-refractivity contribution < 1.29 is 37.3 Å². The molecule has 0 bridgehead atoms. The van der Waals surface area contributed by atoms with Crippen LogP contribution in [0.3, 0.4) is 0 Å². The molecule has 0 fully saturated rings. The Balaban J connectivity index is 4.99. The topological polar surface area (TPSA) is 114 Å². The number of likely N-dealkylation sites (N-methyl/N-ethyl adjacent to an activating group) is 1. The van der Waals surface area contributed by atoms with Crippen molar-refractivity contribution in [3.63, 3.8) is 0 Å². The van der Waals surface area contributed by atoms with Crippen LogP contribution in [0.1, 0.15) is 380 Å². The summed E-state index contributed by atoms with van der Waals surface area (Å²) in [6, 6.07) is -0.887. The minimum Gasteiger partial charge on any atom is -0.756 e. The molecular formula is C77H147N2O7P. The number of carbonyl (C=O) groups is 2. The number of hydrogen-bond acceptors (Lipinski definition) is 7. The van der Waals surface area contributed by atoms with Crippen LogP contribution in [0, 0.1) is 0 Å². The van der Waals surface area contributed by atoms with E-state index in [0.717, 1.165) is 70.6 Å². The van der Waals surface area contributed by atoms with Gasteiger partial charge < -0.3 is 28.5 Å². The predicted octanol–water partition coefficient (Wildman–Crippen LogP) is 23.7. The quantitative estimate of drug-likeness (QED) is 0.0212. The maximum Gasteiger partial charge on any atom is 0.306 e. The lowest BCUT2D eigenvalue weighted by atomic mass is 10.0. The zero-order chi connectivity index (χ0) is 63.5. The SMILES string of the molecule is CCCCC/C=C\C/C=C\C/C=C\CCCCCCCCCCCCCCCCC(=O)NC(COP(=O)([O-])OCC[N+](C)(C)C)C(/C=C\CCCCCCCCCCCCC)OC(=O)CCCCCCCCCCCCCCCCCCCCCCC. The summed E-state index contributed by atoms with van der Waals surface area (Å²) in [5.41, 5.74) is 0. The second-order valence-corrected chi connectivity index (χ2v) is 28.6. The Hall–Kier alpha value is -2.03. The molecule has 0 rings (SSSR count). The molecule has 1 amide bonds. The number of nitrogens with one attached hydrogen (secondary N) is 1. The van der Waals surface area contributed by atoms with Gasteiger partial charge in [-0.05, 0) is 70.3 Å². The molecule has 0 heterocycles. The summed E-state index contributed by atoms with van der Waals surface area (Å²) < 4.78 is 30.5. The monoisotopic (exact) mass is 1240 g/mol. The van der Waals surface area contributed by atoms with E-state index < -0.39 is 20.0 Å². The van der Waals surface area contributed by atoms with Crippen molar-refractivity contribution in [3.05, 3.63) is 48.6 Å². The van der Waals surface area contributed by atoms with E-state index in [-0.39, 0.29) is 31.5 Å². The van der Waals surface area contributed by atoms with Crippen LogP contribution in [0.25, 0.3) is 0 Å². The van der Waals surface area contributed by atoms with E-state index in [0.29, 0.717) is 17.4 Å². The maximum absolute atomic E-state index is 13.6. The van der Waals surface area contributed by atoms with Crippen molar-refractivity contribution >= 4 is 19.7 Å². The fraction of sp³-hybridized carbons (Fsp3) is 0.870. The van der Waals surface area contributed by atoms with Crippen molar-refractivity contribution in [2.45, 2.75) is 392 Å². The number of amides is 1. The fourth-order valence-corrected chi connectivity index (χ4v) is 12.1. The number of carbonyl (C=O) groups excluding carboxylic acids is 2. The highest BCUT2D eigenvalue weighted by Crippen LogP contribution is 2.38. The Bertz CT molecular complexity index is 1620. The summed E-state index contributed by atoms with van der Waals surface area (Å²) >= 11 is 0. The number of esters is 1. The molecule has 3 atom stereocenters. The lowest BCUT2D eigenvalue weighted by Gasteiger charge is -2.30. The molecule has 10 heteroatoms. The van der Waals surface area contributed by atoms with Crippen molar-refractivity contribution in [2.75, 3.05) is 40.9 Å². The summed E-state index contributed by atoms with van der Waals surface area (Å²) in [7, 11) is 1.20. The first-order valence-corrected chi connectivity index (χ1v) is 39.4. The third-order valence-corrected chi connectivity index (χ3v) is 18.2. The number of allylic oxidation sites excluding steroid dienone is 7. The molecule has 512 valence electrons. The molecule has 0 aromatic heterocycles. The third kappa shape index (κ3) is 68.2. The summed E-state index contributed by atoms with van der Waals surface area (Å²) in [5, 5.41) is 3.06. The Kier molecular flexibility index (Phi) is 65.3. The van der Waals surface area contributed by atoms with Gasteiger partial charge in [0, 0.05) is 12.8 Å². The zero-order valence-corrected chi connectivity index (χ0v) is 59.6. The average molecular weight is 1240 g/mol. The first kappa shape index (κ1) is 85.0. The van der Waals surface area contributed by atoms with E-state index in [2.05, 4.69) is 62.5 Å². The lowest BCUT2D eigenvalue weighted by molar-refractivity contribution is -0.870. The second kappa shape index (κ2) is 66.9. The second-order valence-electron chi connectivity index (χ2n) is 27.2. The molecule has 0 spiro atoms. The standard InChI is InChI=1S/C77H147N2O7P/c1-7-10-13-16-19-22-25-28-30-32-34-36-37-38-39-40-41-43-44-46-48-51-54-57-60-63-66-69-76(80)78-74(73-85-87(82,83)84-72-71-79(4,5)6)75(68-65-62-59-56-53-50-27-24-21-18-15-12-9-3)86-77(81)70-67-64-61-58-55-52-49-47-45-42-35-33-31-29-26-23-20-17-14-11-8-2/h19,22,28,30,34,36,65,68,74-75H,7-18,20-21,23-27,29,31-33,35,37-64,66-67,69-73H2,1-6H3,(H-,78,80,82,83)/b22-19-,30-28-,36-34-,68-65-. The summed E-state index contributed by atoms with van der Waals surface area (Å²) in [6.45, 7) is 6.89. The number of nitrogens with zero attached hydrogens (tertiary/aromatic N) is 1. The van der Waals surface area contributed by atoms with E-state index in [9.17, 15) is 19.0 Å². The highest BCUT2D eigenvalue weighted by atomic mass is 31.2. The minimum absolute atomic E-state index is 0.0199. The minimum atomic E-state index is -4.70.